The van der Waals surface area contributed by atoms with Crippen LogP contribution in [0.2, 0.25) is 0 Å². The molecule has 154 valence electrons. The highest BCUT2D eigenvalue weighted by atomic mass is 16.2. The Morgan fingerprint density at radius 2 is 1.48 bits per heavy atom. The molecule has 3 rings (SSSR count). The maximum atomic E-state index is 12.9. The largest absolute Gasteiger partial charge is 0.334 e. The molecule has 1 aromatic carbocycles. The SMILES string of the molecule is CC.CC.CC(C)(C)c1ccc(C(=O)N2CCCC2CN2CCCC2)cc1. The van der Waals surface area contributed by atoms with E-state index in [1.165, 1.54) is 31.5 Å². The van der Waals surface area contributed by atoms with E-state index < -0.39 is 0 Å². The minimum absolute atomic E-state index is 0.132. The number of hydrogen-bond acceptors (Lipinski definition) is 2. The smallest absolute Gasteiger partial charge is 0.254 e. The Labute approximate surface area is 168 Å². The molecule has 0 saturated carbocycles. The highest BCUT2D eigenvalue weighted by Crippen LogP contribution is 2.25. The molecule has 3 heteroatoms. The summed E-state index contributed by atoms with van der Waals surface area (Å²) < 4.78 is 0. The molecule has 1 unspecified atom stereocenters. The highest BCUT2D eigenvalue weighted by Gasteiger charge is 2.31. The lowest BCUT2D eigenvalue weighted by Gasteiger charge is -2.29. The van der Waals surface area contributed by atoms with E-state index in [9.17, 15) is 4.79 Å². The standard InChI is InChI=1S/C20H30N2O.2C2H6/c1-20(2,3)17-10-8-16(9-11-17)19(23)22-14-6-7-18(22)15-21-12-4-5-13-21;2*1-2/h8-11,18H,4-7,12-15H2,1-3H3;2*1-2H3. The summed E-state index contributed by atoms with van der Waals surface area (Å²) in [5.74, 6) is 0.215. The lowest BCUT2D eigenvalue weighted by atomic mass is 9.86. The van der Waals surface area contributed by atoms with E-state index in [0.29, 0.717) is 6.04 Å². The van der Waals surface area contributed by atoms with Crippen molar-refractivity contribution in [1.82, 2.24) is 9.80 Å². The van der Waals surface area contributed by atoms with Crippen LogP contribution in [0, 0.1) is 0 Å². The van der Waals surface area contributed by atoms with Gasteiger partial charge in [0.2, 0.25) is 0 Å². The Balaban J connectivity index is 0.000000855. The first-order valence-corrected chi connectivity index (χ1v) is 11.1. The van der Waals surface area contributed by atoms with Crippen LogP contribution in [0.25, 0.3) is 0 Å². The quantitative estimate of drug-likeness (QED) is 0.674. The first kappa shape index (κ1) is 23.7. The van der Waals surface area contributed by atoms with Crippen molar-refractivity contribution in [1.29, 1.82) is 0 Å². The molecule has 1 aromatic rings. The summed E-state index contributed by atoms with van der Waals surface area (Å²) in [6.45, 7) is 19.0. The zero-order valence-electron chi connectivity index (χ0n) is 18.8. The van der Waals surface area contributed by atoms with Gasteiger partial charge in [-0.05, 0) is 61.9 Å². The van der Waals surface area contributed by atoms with E-state index in [2.05, 4.69) is 42.7 Å². The normalized spacial score (nSPS) is 19.8. The second-order valence-corrected chi connectivity index (χ2v) is 8.13. The van der Waals surface area contributed by atoms with Crippen LogP contribution in [0.5, 0.6) is 0 Å². The minimum Gasteiger partial charge on any atom is -0.334 e. The monoisotopic (exact) mass is 374 g/mol. The number of likely N-dealkylation sites (tertiary alicyclic amines) is 2. The molecule has 2 heterocycles. The summed E-state index contributed by atoms with van der Waals surface area (Å²) in [6.07, 6.45) is 4.93. The van der Waals surface area contributed by atoms with Crippen LogP contribution in [0.1, 0.15) is 90.1 Å². The van der Waals surface area contributed by atoms with Gasteiger partial charge in [-0.25, -0.2) is 0 Å². The van der Waals surface area contributed by atoms with Crippen molar-refractivity contribution < 1.29 is 4.79 Å². The second-order valence-electron chi connectivity index (χ2n) is 8.13. The molecule has 2 aliphatic rings. The van der Waals surface area contributed by atoms with Crippen LogP contribution in [0.3, 0.4) is 0 Å². The van der Waals surface area contributed by atoms with E-state index in [1.807, 2.05) is 39.8 Å². The van der Waals surface area contributed by atoms with Gasteiger partial charge in [0.05, 0.1) is 0 Å². The molecule has 2 fully saturated rings. The lowest BCUT2D eigenvalue weighted by molar-refractivity contribution is 0.0708. The van der Waals surface area contributed by atoms with Gasteiger partial charge in [-0.2, -0.15) is 0 Å². The fourth-order valence-electron chi connectivity index (χ4n) is 3.83. The first-order valence-electron chi connectivity index (χ1n) is 11.1. The van der Waals surface area contributed by atoms with E-state index in [4.69, 9.17) is 0 Å². The Morgan fingerprint density at radius 3 is 2.00 bits per heavy atom. The van der Waals surface area contributed by atoms with Crippen molar-refractivity contribution in [2.45, 2.75) is 85.6 Å². The van der Waals surface area contributed by atoms with Crippen molar-refractivity contribution in [2.75, 3.05) is 26.2 Å². The van der Waals surface area contributed by atoms with Gasteiger partial charge >= 0.3 is 0 Å². The molecule has 0 aromatic heterocycles. The van der Waals surface area contributed by atoms with Crippen LogP contribution in [-0.4, -0.2) is 47.9 Å². The van der Waals surface area contributed by atoms with Crippen LogP contribution in [0.4, 0.5) is 0 Å². The van der Waals surface area contributed by atoms with E-state index >= 15 is 0 Å². The van der Waals surface area contributed by atoms with Crippen molar-refractivity contribution in [3.05, 3.63) is 35.4 Å². The topological polar surface area (TPSA) is 23.6 Å². The molecule has 2 saturated heterocycles. The molecular formula is C24H42N2O. The summed E-state index contributed by atoms with van der Waals surface area (Å²) >= 11 is 0. The molecule has 27 heavy (non-hydrogen) atoms. The number of nitrogens with zero attached hydrogens (tertiary/aromatic N) is 2. The second kappa shape index (κ2) is 11.5. The Morgan fingerprint density at radius 1 is 0.926 bits per heavy atom. The van der Waals surface area contributed by atoms with Gasteiger partial charge in [0.25, 0.3) is 5.91 Å². The number of rotatable bonds is 3. The number of benzene rings is 1. The number of hydrogen-bond donors (Lipinski definition) is 0. The van der Waals surface area contributed by atoms with Crippen LogP contribution >= 0.6 is 0 Å². The van der Waals surface area contributed by atoms with Crippen LogP contribution < -0.4 is 0 Å². The predicted octanol–water partition coefficient (Wildman–Crippen LogP) is 5.74. The fourth-order valence-corrected chi connectivity index (χ4v) is 3.83. The molecule has 1 amide bonds. The van der Waals surface area contributed by atoms with Gasteiger partial charge in [0, 0.05) is 24.7 Å². The first-order chi connectivity index (χ1) is 12.9. The Kier molecular flexibility index (Phi) is 10.1. The third kappa shape index (κ3) is 6.64. The van der Waals surface area contributed by atoms with Gasteiger partial charge in [0.1, 0.15) is 0 Å². The summed E-state index contributed by atoms with van der Waals surface area (Å²) in [5.41, 5.74) is 2.25. The third-order valence-corrected chi connectivity index (χ3v) is 5.30. The number of carbonyl (C=O) groups is 1. The zero-order valence-corrected chi connectivity index (χ0v) is 18.8. The molecule has 2 aliphatic heterocycles. The molecule has 0 bridgehead atoms. The van der Waals surface area contributed by atoms with Crippen LogP contribution in [-0.2, 0) is 5.41 Å². The highest BCUT2D eigenvalue weighted by molar-refractivity contribution is 5.94. The van der Waals surface area contributed by atoms with E-state index in [1.54, 1.807) is 0 Å². The Hall–Kier alpha value is -1.35. The van der Waals surface area contributed by atoms with Gasteiger partial charge in [-0.3, -0.25) is 4.79 Å². The molecule has 0 aliphatic carbocycles. The molecule has 1 atom stereocenters. The lowest BCUT2D eigenvalue weighted by Crippen LogP contribution is -2.42. The summed E-state index contributed by atoms with van der Waals surface area (Å²) in [4.78, 5) is 17.5. The molecule has 0 N–H and O–H groups in total. The molecule has 0 spiro atoms. The summed E-state index contributed by atoms with van der Waals surface area (Å²) in [7, 11) is 0. The van der Waals surface area contributed by atoms with Gasteiger partial charge in [-0.1, -0.05) is 60.6 Å². The van der Waals surface area contributed by atoms with Crippen molar-refractivity contribution in [3.8, 4) is 0 Å². The fraction of sp³-hybridized carbons (Fsp3) is 0.708. The zero-order chi connectivity index (χ0) is 20.4. The maximum absolute atomic E-state index is 12.9. The summed E-state index contributed by atoms with van der Waals surface area (Å²) in [5, 5.41) is 0. The average molecular weight is 375 g/mol. The van der Waals surface area contributed by atoms with Crippen molar-refractivity contribution in [2.24, 2.45) is 0 Å². The van der Waals surface area contributed by atoms with E-state index in [-0.39, 0.29) is 11.3 Å². The molecule has 3 nitrogen and oxygen atoms in total. The average Bonchev–Trinajstić information content (AvgIpc) is 3.36. The number of amides is 1. The molecular weight excluding hydrogens is 332 g/mol. The maximum Gasteiger partial charge on any atom is 0.254 e. The van der Waals surface area contributed by atoms with Crippen LogP contribution in [0.15, 0.2) is 24.3 Å². The van der Waals surface area contributed by atoms with Crippen molar-refractivity contribution in [3.63, 3.8) is 0 Å². The van der Waals surface area contributed by atoms with Gasteiger partial charge < -0.3 is 9.80 Å². The summed E-state index contributed by atoms with van der Waals surface area (Å²) in [6, 6.07) is 8.64. The Bertz CT molecular complexity index is 538. The predicted molar refractivity (Wildman–Crippen MR) is 118 cm³/mol. The van der Waals surface area contributed by atoms with E-state index in [0.717, 1.165) is 31.5 Å². The minimum atomic E-state index is 0.132. The van der Waals surface area contributed by atoms with Crippen molar-refractivity contribution >= 4 is 5.91 Å². The molecule has 0 radical (unpaired) electrons. The third-order valence-electron chi connectivity index (χ3n) is 5.30. The van der Waals surface area contributed by atoms with Gasteiger partial charge in [-0.15, -0.1) is 0 Å². The van der Waals surface area contributed by atoms with Gasteiger partial charge in [0.15, 0.2) is 0 Å². The number of carbonyl (C=O) groups excluding carboxylic acids is 1.